The number of carbonyl (C=O) groups excluding carboxylic acids is 1. The summed E-state index contributed by atoms with van der Waals surface area (Å²) in [6, 6.07) is 15.9. The number of hydrogen-bond donors (Lipinski definition) is 1. The van der Waals surface area contributed by atoms with Crippen LogP contribution in [0.15, 0.2) is 83.6 Å². The van der Waals surface area contributed by atoms with Crippen LogP contribution in [0.2, 0.25) is 5.02 Å². The van der Waals surface area contributed by atoms with Gasteiger partial charge < -0.3 is 5.32 Å². The summed E-state index contributed by atoms with van der Waals surface area (Å²) in [5.74, 6) is 0.533. The molecule has 39 heavy (non-hydrogen) atoms. The molecule has 5 rings (SSSR count). The van der Waals surface area contributed by atoms with Crippen LogP contribution in [0.1, 0.15) is 26.6 Å². The maximum absolute atomic E-state index is 12.9. The average molecular weight is 587 g/mol. The summed E-state index contributed by atoms with van der Waals surface area (Å²) in [6.45, 7) is -0.0525. The van der Waals surface area contributed by atoms with Crippen LogP contribution >= 0.6 is 34.7 Å². The van der Waals surface area contributed by atoms with Crippen LogP contribution in [0.4, 0.5) is 13.2 Å². The lowest BCUT2D eigenvalue weighted by Gasteiger charge is -2.11. The number of amides is 1. The molecule has 198 valence electrons. The highest BCUT2D eigenvalue weighted by Crippen LogP contribution is 2.33. The van der Waals surface area contributed by atoms with Gasteiger partial charge in [0.2, 0.25) is 0 Å². The monoisotopic (exact) mass is 586 g/mol. The van der Waals surface area contributed by atoms with Crippen LogP contribution in [-0.4, -0.2) is 30.6 Å². The van der Waals surface area contributed by atoms with Gasteiger partial charge in [-0.25, -0.2) is 4.98 Å². The number of nitrogens with one attached hydrogen (secondary N) is 1. The minimum atomic E-state index is -4.45. The molecule has 0 unspecified atom stereocenters. The van der Waals surface area contributed by atoms with Gasteiger partial charge in [-0.1, -0.05) is 47.6 Å². The van der Waals surface area contributed by atoms with Crippen LogP contribution in [0.5, 0.6) is 0 Å². The zero-order valence-corrected chi connectivity index (χ0v) is 22.3. The zero-order chi connectivity index (χ0) is 27.4. The Kier molecular flexibility index (Phi) is 7.96. The van der Waals surface area contributed by atoms with E-state index in [2.05, 4.69) is 25.5 Å². The van der Waals surface area contributed by atoms with E-state index in [0.717, 1.165) is 17.7 Å². The van der Waals surface area contributed by atoms with Crippen molar-refractivity contribution in [2.75, 3.05) is 0 Å². The summed E-state index contributed by atoms with van der Waals surface area (Å²) in [5.41, 5.74) is 1.30. The van der Waals surface area contributed by atoms with Crippen LogP contribution in [0, 0.1) is 0 Å². The predicted molar refractivity (Wildman–Crippen MR) is 144 cm³/mol. The Balaban J connectivity index is 1.29. The maximum Gasteiger partial charge on any atom is 0.416 e. The van der Waals surface area contributed by atoms with Gasteiger partial charge >= 0.3 is 6.18 Å². The highest BCUT2D eigenvalue weighted by atomic mass is 35.5. The molecular formula is C26H18ClF3N6OS2. The molecule has 0 saturated heterocycles. The second-order valence-corrected chi connectivity index (χ2v) is 10.4. The molecule has 0 radical (unpaired) electrons. The maximum atomic E-state index is 12.9. The molecule has 2 aromatic carbocycles. The molecule has 0 saturated carbocycles. The van der Waals surface area contributed by atoms with Gasteiger partial charge in [-0.2, -0.15) is 13.2 Å². The summed E-state index contributed by atoms with van der Waals surface area (Å²) >= 11 is 9.18. The van der Waals surface area contributed by atoms with Gasteiger partial charge in [0.1, 0.15) is 10.7 Å². The van der Waals surface area contributed by atoms with Crippen LogP contribution < -0.4 is 5.32 Å². The van der Waals surface area contributed by atoms with E-state index in [9.17, 15) is 18.0 Å². The van der Waals surface area contributed by atoms with E-state index in [-0.39, 0.29) is 12.2 Å². The molecule has 0 aliphatic heterocycles. The standard InChI is InChI=1S/C26H18ClF3N6OS2/c27-19-6-1-2-7-21(19)36-23(17-8-10-31-11-9-17)34-35-25(36)39-15-22-33-20(14-38-22)24(37)32-13-16-4-3-5-18(12-16)26(28,29)30/h1-12,14H,13,15H2,(H,32,37). The number of para-hydroxylation sites is 1. The predicted octanol–water partition coefficient (Wildman–Crippen LogP) is 6.68. The van der Waals surface area contributed by atoms with E-state index in [1.54, 1.807) is 23.8 Å². The fourth-order valence-electron chi connectivity index (χ4n) is 3.64. The first-order chi connectivity index (χ1) is 18.8. The number of halogens is 4. The van der Waals surface area contributed by atoms with Crippen molar-refractivity contribution < 1.29 is 18.0 Å². The second-order valence-electron chi connectivity index (χ2n) is 8.12. The summed E-state index contributed by atoms with van der Waals surface area (Å²) in [7, 11) is 0. The number of alkyl halides is 3. The van der Waals surface area contributed by atoms with Crippen molar-refractivity contribution in [3.05, 3.63) is 105 Å². The van der Waals surface area contributed by atoms with E-state index < -0.39 is 17.6 Å². The van der Waals surface area contributed by atoms with Crippen LogP contribution in [-0.2, 0) is 18.5 Å². The Bertz CT molecular complexity index is 1610. The molecule has 3 heterocycles. The molecule has 0 bridgehead atoms. The Hall–Kier alpha value is -3.74. The van der Waals surface area contributed by atoms with Gasteiger partial charge in [0.15, 0.2) is 11.0 Å². The van der Waals surface area contributed by atoms with Gasteiger partial charge in [0.25, 0.3) is 5.91 Å². The first kappa shape index (κ1) is 26.9. The van der Waals surface area contributed by atoms with E-state index in [1.807, 2.05) is 34.9 Å². The summed E-state index contributed by atoms with van der Waals surface area (Å²) in [4.78, 5) is 21.0. The molecule has 0 fully saturated rings. The molecule has 1 N–H and O–H groups in total. The van der Waals surface area contributed by atoms with E-state index in [1.165, 1.54) is 35.2 Å². The molecule has 1 amide bonds. The summed E-state index contributed by atoms with van der Waals surface area (Å²) in [6.07, 6.45) is -1.11. The third-order valence-corrected chi connectivity index (χ3v) is 7.77. The highest BCUT2D eigenvalue weighted by Gasteiger charge is 2.30. The molecule has 0 spiro atoms. The first-order valence-corrected chi connectivity index (χ1v) is 13.7. The minimum Gasteiger partial charge on any atom is -0.347 e. The Morgan fingerprint density at radius 2 is 1.85 bits per heavy atom. The number of pyridine rings is 1. The molecule has 0 aliphatic rings. The molecule has 0 atom stereocenters. The Morgan fingerprint density at radius 1 is 1.05 bits per heavy atom. The fourth-order valence-corrected chi connectivity index (χ4v) is 5.60. The molecule has 5 aromatic rings. The number of benzene rings is 2. The van der Waals surface area contributed by atoms with Gasteiger partial charge in [-0.15, -0.1) is 21.5 Å². The van der Waals surface area contributed by atoms with Crippen molar-refractivity contribution in [2.45, 2.75) is 23.6 Å². The third-order valence-electron chi connectivity index (χ3n) is 5.48. The van der Waals surface area contributed by atoms with Gasteiger partial charge in [0.05, 0.1) is 22.0 Å². The number of thiazole rings is 1. The van der Waals surface area contributed by atoms with Crippen LogP contribution in [0.3, 0.4) is 0 Å². The minimum absolute atomic E-state index is 0.0525. The summed E-state index contributed by atoms with van der Waals surface area (Å²) in [5, 5.41) is 14.8. The third kappa shape index (κ3) is 6.29. The SMILES string of the molecule is O=C(NCc1cccc(C(F)(F)F)c1)c1csc(CSc2nnc(-c3ccncc3)n2-c2ccccc2Cl)n1. The number of nitrogens with zero attached hydrogens (tertiary/aromatic N) is 5. The number of rotatable bonds is 8. The van der Waals surface area contributed by atoms with E-state index >= 15 is 0 Å². The smallest absolute Gasteiger partial charge is 0.347 e. The van der Waals surface area contributed by atoms with Gasteiger partial charge in [0, 0.05) is 29.9 Å². The molecule has 7 nitrogen and oxygen atoms in total. The van der Waals surface area contributed by atoms with Crippen molar-refractivity contribution >= 4 is 40.6 Å². The normalized spacial score (nSPS) is 11.5. The molecular weight excluding hydrogens is 569 g/mol. The van der Waals surface area contributed by atoms with Crippen molar-refractivity contribution in [1.29, 1.82) is 0 Å². The number of carbonyl (C=O) groups is 1. The Labute approximate surface area is 234 Å². The largest absolute Gasteiger partial charge is 0.416 e. The Morgan fingerprint density at radius 3 is 2.62 bits per heavy atom. The number of aromatic nitrogens is 5. The lowest BCUT2D eigenvalue weighted by Crippen LogP contribution is -2.23. The second kappa shape index (κ2) is 11.6. The molecule has 3 aromatic heterocycles. The topological polar surface area (TPSA) is 85.6 Å². The van der Waals surface area contributed by atoms with Crippen molar-refractivity contribution in [3.8, 4) is 17.1 Å². The van der Waals surface area contributed by atoms with E-state index in [0.29, 0.717) is 38.0 Å². The van der Waals surface area contributed by atoms with Crippen molar-refractivity contribution in [1.82, 2.24) is 30.0 Å². The molecule has 13 heteroatoms. The first-order valence-electron chi connectivity index (χ1n) is 11.4. The molecule has 0 aliphatic carbocycles. The van der Waals surface area contributed by atoms with E-state index in [4.69, 9.17) is 11.6 Å². The van der Waals surface area contributed by atoms with Crippen LogP contribution in [0.25, 0.3) is 17.1 Å². The quantitative estimate of drug-likeness (QED) is 0.204. The number of thioether (sulfide) groups is 1. The van der Waals surface area contributed by atoms with Gasteiger partial charge in [-0.3, -0.25) is 14.3 Å². The van der Waals surface area contributed by atoms with Gasteiger partial charge in [-0.05, 0) is 42.0 Å². The summed E-state index contributed by atoms with van der Waals surface area (Å²) < 4.78 is 40.7. The lowest BCUT2D eigenvalue weighted by molar-refractivity contribution is -0.137. The van der Waals surface area contributed by atoms with Crippen molar-refractivity contribution in [3.63, 3.8) is 0 Å². The average Bonchev–Trinajstić information content (AvgIpc) is 3.58. The fraction of sp³-hybridized carbons (Fsp3) is 0.115. The lowest BCUT2D eigenvalue weighted by atomic mass is 10.1. The zero-order valence-electron chi connectivity index (χ0n) is 19.9. The van der Waals surface area contributed by atoms with Crippen molar-refractivity contribution in [2.24, 2.45) is 0 Å². The number of hydrogen-bond acceptors (Lipinski definition) is 7. The highest BCUT2D eigenvalue weighted by molar-refractivity contribution is 7.98.